The van der Waals surface area contributed by atoms with E-state index in [1.54, 1.807) is 12.3 Å². The first-order chi connectivity index (χ1) is 8.80. The highest BCUT2D eigenvalue weighted by Gasteiger charge is 2.31. The van der Waals surface area contributed by atoms with Crippen LogP contribution in [0.15, 0.2) is 12.3 Å². The Morgan fingerprint density at radius 3 is 3.06 bits per heavy atom. The van der Waals surface area contributed by atoms with E-state index in [4.69, 9.17) is 11.0 Å². The summed E-state index contributed by atoms with van der Waals surface area (Å²) in [5, 5.41) is 8.90. The van der Waals surface area contributed by atoms with Crippen molar-refractivity contribution in [3.63, 3.8) is 0 Å². The number of hydrogen-bond acceptors (Lipinski definition) is 5. The van der Waals surface area contributed by atoms with Crippen molar-refractivity contribution < 1.29 is 0 Å². The first-order valence-electron chi connectivity index (χ1n) is 6.50. The number of anilines is 1. The number of nitriles is 1. The third-order valence-corrected chi connectivity index (χ3v) is 3.68. The largest absolute Gasteiger partial charge is 0.338 e. The molecule has 2 N–H and O–H groups in total. The Morgan fingerprint density at radius 1 is 1.56 bits per heavy atom. The van der Waals surface area contributed by atoms with Gasteiger partial charge in [0.1, 0.15) is 11.8 Å². The van der Waals surface area contributed by atoms with Gasteiger partial charge in [-0.2, -0.15) is 5.26 Å². The molecule has 1 heterocycles. The third-order valence-electron chi connectivity index (χ3n) is 3.68. The summed E-state index contributed by atoms with van der Waals surface area (Å²) < 4.78 is 0. The van der Waals surface area contributed by atoms with Crippen LogP contribution in [0.4, 0.5) is 5.95 Å². The van der Waals surface area contributed by atoms with E-state index in [9.17, 15) is 0 Å². The highest BCUT2D eigenvalue weighted by atomic mass is 15.3. The van der Waals surface area contributed by atoms with E-state index < -0.39 is 0 Å². The summed E-state index contributed by atoms with van der Waals surface area (Å²) in [4.78, 5) is 10.8. The van der Waals surface area contributed by atoms with Crippen molar-refractivity contribution in [2.45, 2.75) is 32.2 Å². The molecule has 5 heteroatoms. The van der Waals surface area contributed by atoms with Gasteiger partial charge in [0, 0.05) is 18.8 Å². The average molecular weight is 245 g/mol. The van der Waals surface area contributed by atoms with Crippen LogP contribution in [0, 0.1) is 17.2 Å². The molecule has 18 heavy (non-hydrogen) atoms. The second kappa shape index (κ2) is 5.78. The highest BCUT2D eigenvalue weighted by Crippen LogP contribution is 2.30. The fourth-order valence-electron chi connectivity index (χ4n) is 2.78. The number of aromatic nitrogens is 2. The van der Waals surface area contributed by atoms with Gasteiger partial charge in [-0.3, -0.25) is 0 Å². The standard InChI is InChI=1S/C13H19N5/c1-2-18(12-5-3-4-10(12)8-14)13-16-7-6-11(9-15)17-13/h6-7,10,12H,2-5,8,14H2,1H3. The smallest absolute Gasteiger partial charge is 0.226 e. The van der Waals surface area contributed by atoms with Crippen molar-refractivity contribution in [1.82, 2.24) is 9.97 Å². The zero-order chi connectivity index (χ0) is 13.0. The first-order valence-corrected chi connectivity index (χ1v) is 6.50. The maximum Gasteiger partial charge on any atom is 0.226 e. The molecule has 0 aromatic carbocycles. The highest BCUT2D eigenvalue weighted by molar-refractivity contribution is 5.35. The lowest BCUT2D eigenvalue weighted by molar-refractivity contribution is 0.456. The van der Waals surface area contributed by atoms with Crippen LogP contribution in [0.1, 0.15) is 31.9 Å². The van der Waals surface area contributed by atoms with Gasteiger partial charge in [0.15, 0.2) is 0 Å². The Morgan fingerprint density at radius 2 is 2.39 bits per heavy atom. The van der Waals surface area contributed by atoms with E-state index >= 15 is 0 Å². The van der Waals surface area contributed by atoms with Gasteiger partial charge >= 0.3 is 0 Å². The minimum atomic E-state index is 0.411. The summed E-state index contributed by atoms with van der Waals surface area (Å²) in [5.74, 6) is 1.17. The molecule has 1 aromatic rings. The van der Waals surface area contributed by atoms with Crippen molar-refractivity contribution >= 4 is 5.95 Å². The number of nitrogens with zero attached hydrogens (tertiary/aromatic N) is 4. The maximum atomic E-state index is 8.90. The predicted molar refractivity (Wildman–Crippen MR) is 70.0 cm³/mol. The van der Waals surface area contributed by atoms with Gasteiger partial charge in [-0.1, -0.05) is 6.42 Å². The number of hydrogen-bond donors (Lipinski definition) is 1. The van der Waals surface area contributed by atoms with Gasteiger partial charge in [0.25, 0.3) is 0 Å². The number of nitrogens with two attached hydrogens (primary N) is 1. The van der Waals surface area contributed by atoms with Gasteiger partial charge < -0.3 is 10.6 Å². The van der Waals surface area contributed by atoms with Crippen LogP contribution in [0.3, 0.4) is 0 Å². The Kier molecular flexibility index (Phi) is 4.11. The summed E-state index contributed by atoms with van der Waals surface area (Å²) in [7, 11) is 0. The minimum Gasteiger partial charge on any atom is -0.338 e. The van der Waals surface area contributed by atoms with Crippen molar-refractivity contribution in [3.05, 3.63) is 18.0 Å². The fraction of sp³-hybridized carbons (Fsp3) is 0.615. The van der Waals surface area contributed by atoms with E-state index in [1.165, 1.54) is 12.8 Å². The Labute approximate surface area is 108 Å². The lowest BCUT2D eigenvalue weighted by Crippen LogP contribution is -2.41. The average Bonchev–Trinajstić information content (AvgIpc) is 2.88. The summed E-state index contributed by atoms with van der Waals surface area (Å²) in [6.07, 6.45) is 5.17. The van der Waals surface area contributed by atoms with Crippen LogP contribution in [-0.4, -0.2) is 29.1 Å². The van der Waals surface area contributed by atoms with E-state index in [0.29, 0.717) is 30.1 Å². The van der Waals surface area contributed by atoms with E-state index in [0.717, 1.165) is 13.0 Å². The maximum absolute atomic E-state index is 8.90. The molecule has 0 saturated heterocycles. The first kappa shape index (κ1) is 12.8. The van der Waals surface area contributed by atoms with Gasteiger partial charge in [0.2, 0.25) is 5.95 Å². The molecule has 0 spiro atoms. The molecular weight excluding hydrogens is 226 g/mol. The zero-order valence-electron chi connectivity index (χ0n) is 10.7. The molecule has 1 aliphatic carbocycles. The van der Waals surface area contributed by atoms with Crippen LogP contribution < -0.4 is 10.6 Å². The summed E-state index contributed by atoms with van der Waals surface area (Å²) in [6, 6.07) is 4.10. The fourth-order valence-corrected chi connectivity index (χ4v) is 2.78. The molecule has 1 saturated carbocycles. The molecule has 0 aliphatic heterocycles. The molecule has 96 valence electrons. The predicted octanol–water partition coefficient (Wildman–Crippen LogP) is 1.30. The van der Waals surface area contributed by atoms with Gasteiger partial charge in [-0.25, -0.2) is 9.97 Å². The lowest BCUT2D eigenvalue weighted by atomic mass is 10.0. The molecule has 0 amide bonds. The molecule has 1 aliphatic rings. The van der Waals surface area contributed by atoms with Crippen LogP contribution in [-0.2, 0) is 0 Å². The molecule has 2 unspecified atom stereocenters. The summed E-state index contributed by atoms with van der Waals surface area (Å²) >= 11 is 0. The molecular formula is C13H19N5. The molecule has 0 bridgehead atoms. The van der Waals surface area contributed by atoms with Crippen molar-refractivity contribution in [2.24, 2.45) is 11.7 Å². The quantitative estimate of drug-likeness (QED) is 0.865. The molecule has 5 nitrogen and oxygen atoms in total. The Balaban J connectivity index is 2.24. The second-order valence-electron chi connectivity index (χ2n) is 4.63. The van der Waals surface area contributed by atoms with Crippen LogP contribution in [0.2, 0.25) is 0 Å². The Bertz CT molecular complexity index is 439. The molecule has 0 radical (unpaired) electrons. The van der Waals surface area contributed by atoms with E-state index in [-0.39, 0.29) is 0 Å². The zero-order valence-corrected chi connectivity index (χ0v) is 10.7. The van der Waals surface area contributed by atoms with Crippen LogP contribution >= 0.6 is 0 Å². The van der Waals surface area contributed by atoms with Crippen molar-refractivity contribution in [2.75, 3.05) is 18.0 Å². The summed E-state index contributed by atoms with van der Waals surface area (Å²) in [6.45, 7) is 3.64. The molecule has 1 fully saturated rings. The molecule has 2 rings (SSSR count). The molecule has 2 atom stereocenters. The van der Waals surface area contributed by atoms with Crippen LogP contribution in [0.5, 0.6) is 0 Å². The second-order valence-corrected chi connectivity index (χ2v) is 4.63. The van der Waals surface area contributed by atoms with Gasteiger partial charge in [-0.05, 0) is 38.3 Å². The third kappa shape index (κ3) is 2.44. The van der Waals surface area contributed by atoms with Crippen molar-refractivity contribution in [1.29, 1.82) is 5.26 Å². The lowest BCUT2D eigenvalue weighted by Gasteiger charge is -2.31. The van der Waals surface area contributed by atoms with Gasteiger partial charge in [0.05, 0.1) is 0 Å². The monoisotopic (exact) mass is 245 g/mol. The van der Waals surface area contributed by atoms with E-state index in [2.05, 4.69) is 27.9 Å². The summed E-state index contributed by atoms with van der Waals surface area (Å²) in [5.41, 5.74) is 6.25. The van der Waals surface area contributed by atoms with Crippen molar-refractivity contribution in [3.8, 4) is 6.07 Å². The molecule has 1 aromatic heterocycles. The normalized spacial score (nSPS) is 22.7. The Hall–Kier alpha value is -1.67. The van der Waals surface area contributed by atoms with E-state index in [1.807, 2.05) is 0 Å². The minimum absolute atomic E-state index is 0.411. The number of rotatable bonds is 4. The van der Waals surface area contributed by atoms with Gasteiger partial charge in [-0.15, -0.1) is 0 Å². The van der Waals surface area contributed by atoms with Crippen LogP contribution in [0.25, 0.3) is 0 Å². The SMILES string of the molecule is CCN(c1nccc(C#N)n1)C1CCCC1CN. The topological polar surface area (TPSA) is 78.8 Å².